The molecule has 1 unspecified atom stereocenters. The Kier molecular flexibility index (Phi) is 3.93. The van der Waals surface area contributed by atoms with Crippen molar-refractivity contribution in [2.75, 3.05) is 0 Å². The summed E-state index contributed by atoms with van der Waals surface area (Å²) in [7, 11) is 0. The van der Waals surface area contributed by atoms with Crippen LogP contribution < -0.4 is 0 Å². The number of hydrogen-bond acceptors (Lipinski definition) is 4. The third-order valence-corrected chi connectivity index (χ3v) is 3.35. The van der Waals surface area contributed by atoms with E-state index in [4.69, 9.17) is 9.47 Å². The molecule has 1 aromatic rings. The normalized spacial score (nSPS) is 26.1. The molecule has 1 heterocycles. The van der Waals surface area contributed by atoms with Crippen molar-refractivity contribution in [3.05, 3.63) is 48.6 Å². The molecule has 0 radical (unpaired) electrons. The molecule has 2 atom stereocenters. The zero-order valence-electron chi connectivity index (χ0n) is 11.7. The molecule has 0 saturated carbocycles. The van der Waals surface area contributed by atoms with Crippen LogP contribution in [0.2, 0.25) is 0 Å². The van der Waals surface area contributed by atoms with Crippen LogP contribution in [0.25, 0.3) is 0 Å². The summed E-state index contributed by atoms with van der Waals surface area (Å²) in [5, 5.41) is 0. The van der Waals surface area contributed by atoms with E-state index >= 15 is 0 Å². The van der Waals surface area contributed by atoms with E-state index in [1.165, 1.54) is 0 Å². The Morgan fingerprint density at radius 3 is 2.50 bits per heavy atom. The lowest BCUT2D eigenvalue weighted by atomic mass is 9.88. The average Bonchev–Trinajstić information content (AvgIpc) is 2.43. The number of carbonyl (C=O) groups is 2. The van der Waals surface area contributed by atoms with Crippen molar-refractivity contribution in [1.82, 2.24) is 0 Å². The van der Waals surface area contributed by atoms with Gasteiger partial charge in [-0.1, -0.05) is 50.3 Å². The van der Waals surface area contributed by atoms with Gasteiger partial charge in [-0.15, -0.1) is 6.58 Å². The summed E-state index contributed by atoms with van der Waals surface area (Å²) in [6.07, 6.45) is 0.896. The Balaban J connectivity index is 2.42. The van der Waals surface area contributed by atoms with Crippen LogP contribution in [0, 0.1) is 5.92 Å². The van der Waals surface area contributed by atoms with Crippen LogP contribution in [-0.2, 0) is 24.7 Å². The van der Waals surface area contributed by atoms with E-state index in [0.29, 0.717) is 5.56 Å². The highest BCUT2D eigenvalue weighted by Crippen LogP contribution is 2.36. The highest BCUT2D eigenvalue weighted by molar-refractivity contribution is 5.91. The second-order valence-corrected chi connectivity index (χ2v) is 5.18. The van der Waals surface area contributed by atoms with Gasteiger partial charge in [0.1, 0.15) is 0 Å². The van der Waals surface area contributed by atoms with Crippen LogP contribution >= 0.6 is 0 Å². The van der Waals surface area contributed by atoms with E-state index in [1.807, 2.05) is 19.9 Å². The largest absolute Gasteiger partial charge is 0.447 e. The van der Waals surface area contributed by atoms with Crippen molar-refractivity contribution in [2.45, 2.75) is 32.0 Å². The molecular weight excluding hydrogens is 256 g/mol. The van der Waals surface area contributed by atoms with Gasteiger partial charge in [0.2, 0.25) is 11.7 Å². The molecular formula is C16H18O4. The number of hydrogen-bond donors (Lipinski definition) is 0. The van der Waals surface area contributed by atoms with Gasteiger partial charge in [0.15, 0.2) is 0 Å². The number of ether oxygens (including phenoxy) is 2. The SMILES string of the molecule is C=CC[C@@]1(c2ccccc2)OC(=O)C(C(C)C)OC1=O. The first-order valence-electron chi connectivity index (χ1n) is 6.61. The zero-order valence-corrected chi connectivity index (χ0v) is 11.7. The van der Waals surface area contributed by atoms with Crippen molar-refractivity contribution in [1.29, 1.82) is 0 Å². The highest BCUT2D eigenvalue weighted by Gasteiger charge is 2.52. The van der Waals surface area contributed by atoms with Gasteiger partial charge in [-0.3, -0.25) is 0 Å². The first-order chi connectivity index (χ1) is 9.51. The van der Waals surface area contributed by atoms with Crippen molar-refractivity contribution >= 4 is 11.9 Å². The maximum Gasteiger partial charge on any atom is 0.356 e. The highest BCUT2D eigenvalue weighted by atomic mass is 16.7. The summed E-state index contributed by atoms with van der Waals surface area (Å²) in [4.78, 5) is 24.5. The second kappa shape index (κ2) is 5.49. The van der Waals surface area contributed by atoms with Gasteiger partial charge < -0.3 is 9.47 Å². The summed E-state index contributed by atoms with van der Waals surface area (Å²) in [5.41, 5.74) is -0.814. The third kappa shape index (κ3) is 2.33. The summed E-state index contributed by atoms with van der Waals surface area (Å²) >= 11 is 0. The molecule has 4 heteroatoms. The average molecular weight is 274 g/mol. The van der Waals surface area contributed by atoms with Crippen LogP contribution in [-0.4, -0.2) is 18.0 Å². The Hall–Kier alpha value is -2.10. The fourth-order valence-corrected chi connectivity index (χ4v) is 2.27. The Morgan fingerprint density at radius 1 is 1.30 bits per heavy atom. The maximum atomic E-state index is 12.4. The lowest BCUT2D eigenvalue weighted by Gasteiger charge is -2.38. The minimum atomic E-state index is -1.41. The van der Waals surface area contributed by atoms with Crippen LogP contribution in [0.15, 0.2) is 43.0 Å². The van der Waals surface area contributed by atoms with Gasteiger partial charge in [0.25, 0.3) is 0 Å². The molecule has 0 N–H and O–H groups in total. The molecule has 1 aromatic carbocycles. The van der Waals surface area contributed by atoms with Gasteiger partial charge >= 0.3 is 11.9 Å². The maximum absolute atomic E-state index is 12.4. The summed E-state index contributed by atoms with van der Waals surface area (Å²) < 4.78 is 10.8. The number of rotatable bonds is 4. The molecule has 1 aliphatic rings. The molecule has 1 fully saturated rings. The van der Waals surface area contributed by atoms with E-state index in [1.54, 1.807) is 30.3 Å². The van der Waals surface area contributed by atoms with Crippen LogP contribution in [0.5, 0.6) is 0 Å². The number of benzene rings is 1. The first-order valence-corrected chi connectivity index (χ1v) is 6.61. The molecule has 0 aliphatic carbocycles. The van der Waals surface area contributed by atoms with E-state index in [2.05, 4.69) is 6.58 Å². The van der Waals surface area contributed by atoms with E-state index in [0.717, 1.165) is 0 Å². The minimum absolute atomic E-state index is 0.121. The summed E-state index contributed by atoms with van der Waals surface area (Å²) in [6.45, 7) is 7.26. The van der Waals surface area contributed by atoms with Crippen molar-refractivity contribution in [2.24, 2.45) is 5.92 Å². The summed E-state index contributed by atoms with van der Waals surface area (Å²) in [5.74, 6) is -1.17. The number of esters is 2. The van der Waals surface area contributed by atoms with Crippen LogP contribution in [0.1, 0.15) is 25.8 Å². The van der Waals surface area contributed by atoms with Crippen molar-refractivity contribution in [3.8, 4) is 0 Å². The van der Waals surface area contributed by atoms with E-state index < -0.39 is 23.6 Å². The molecule has 4 nitrogen and oxygen atoms in total. The van der Waals surface area contributed by atoms with Gasteiger partial charge in [-0.05, 0) is 0 Å². The predicted octanol–water partition coefficient (Wildman–Crippen LogP) is 2.58. The fraction of sp³-hybridized carbons (Fsp3) is 0.375. The monoisotopic (exact) mass is 274 g/mol. The number of cyclic esters (lactones) is 2. The molecule has 2 rings (SSSR count). The molecule has 0 aromatic heterocycles. The minimum Gasteiger partial charge on any atom is -0.447 e. The molecule has 106 valence electrons. The smallest absolute Gasteiger partial charge is 0.356 e. The van der Waals surface area contributed by atoms with Crippen molar-refractivity contribution in [3.63, 3.8) is 0 Å². The predicted molar refractivity (Wildman–Crippen MR) is 73.7 cm³/mol. The molecule has 0 spiro atoms. The standard InChI is InChI=1S/C16H18O4/c1-4-10-16(12-8-6-5-7-9-12)15(18)19-13(11(2)3)14(17)20-16/h4-9,11,13H,1,10H2,2-3H3/t13?,16-/m0/s1. The molecule has 0 amide bonds. The van der Waals surface area contributed by atoms with Crippen LogP contribution in [0.4, 0.5) is 0 Å². The fourth-order valence-electron chi connectivity index (χ4n) is 2.27. The molecule has 0 bridgehead atoms. The van der Waals surface area contributed by atoms with Crippen LogP contribution in [0.3, 0.4) is 0 Å². The number of carbonyl (C=O) groups excluding carboxylic acids is 2. The van der Waals surface area contributed by atoms with Gasteiger partial charge in [-0.2, -0.15) is 0 Å². The van der Waals surface area contributed by atoms with Crippen molar-refractivity contribution < 1.29 is 19.1 Å². The van der Waals surface area contributed by atoms with Gasteiger partial charge in [-0.25, -0.2) is 9.59 Å². The summed E-state index contributed by atoms with van der Waals surface area (Å²) in [6, 6.07) is 8.89. The van der Waals surface area contributed by atoms with E-state index in [-0.39, 0.29) is 12.3 Å². The third-order valence-electron chi connectivity index (χ3n) is 3.35. The Bertz CT molecular complexity index is 521. The Morgan fingerprint density at radius 2 is 1.95 bits per heavy atom. The van der Waals surface area contributed by atoms with Gasteiger partial charge in [0.05, 0.1) is 0 Å². The topological polar surface area (TPSA) is 52.6 Å². The quantitative estimate of drug-likeness (QED) is 0.625. The Labute approximate surface area is 118 Å². The van der Waals surface area contributed by atoms with Gasteiger partial charge in [0, 0.05) is 17.9 Å². The lowest BCUT2D eigenvalue weighted by molar-refractivity contribution is -0.216. The first kappa shape index (κ1) is 14.3. The molecule has 1 aliphatic heterocycles. The molecule has 1 saturated heterocycles. The molecule has 20 heavy (non-hydrogen) atoms. The zero-order chi connectivity index (χ0) is 14.8. The van der Waals surface area contributed by atoms with E-state index in [9.17, 15) is 9.59 Å². The second-order valence-electron chi connectivity index (χ2n) is 5.18. The lowest BCUT2D eigenvalue weighted by Crippen LogP contribution is -2.52.